The van der Waals surface area contributed by atoms with E-state index in [4.69, 9.17) is 28.6 Å². The molecule has 0 aliphatic heterocycles. The van der Waals surface area contributed by atoms with Crippen molar-refractivity contribution in [2.24, 2.45) is 0 Å². The highest BCUT2D eigenvalue weighted by Crippen LogP contribution is 2.30. The van der Waals surface area contributed by atoms with Crippen LogP contribution in [0.1, 0.15) is 17.3 Å². The molecule has 0 aliphatic carbocycles. The number of ether oxygens (including phenoxy) is 1. The van der Waals surface area contributed by atoms with Crippen molar-refractivity contribution in [3.8, 4) is 17.1 Å². The number of thiocarbonyl (C=S) groups is 1. The molecule has 0 bridgehead atoms. The number of carbonyl (C=O) groups is 1. The van der Waals surface area contributed by atoms with Crippen molar-refractivity contribution in [3.05, 3.63) is 81.4 Å². The van der Waals surface area contributed by atoms with Crippen LogP contribution in [0, 0.1) is 10.1 Å². The molecule has 0 radical (unpaired) electrons. The molecule has 0 saturated carbocycles. The number of hydrogen-bond donors (Lipinski definition) is 3. The molecule has 1 aromatic heterocycles. The number of aromatic amines is 1. The van der Waals surface area contributed by atoms with E-state index >= 15 is 0 Å². The molecule has 1 heterocycles. The average molecular weight is 496 g/mol. The first-order chi connectivity index (χ1) is 16.4. The standard InChI is InChI=1S/C23H18ClN5O4S/c1-2-33-20-10-8-14(12-19(20)29(31)32)22(30)28-23(34)27-18-11-13(7-9-15(18)24)21-25-16-5-3-4-6-17(16)26-21/h3-12H,2H2,1H3,(H,25,26)(H2,27,28,30,34). The van der Waals surface area contributed by atoms with Gasteiger partial charge in [-0.15, -0.1) is 0 Å². The van der Waals surface area contributed by atoms with Gasteiger partial charge >= 0.3 is 5.69 Å². The van der Waals surface area contributed by atoms with Gasteiger partial charge in [0.05, 0.1) is 33.3 Å². The largest absolute Gasteiger partial charge is 0.487 e. The van der Waals surface area contributed by atoms with Crippen LogP contribution in [0.15, 0.2) is 60.7 Å². The fourth-order valence-electron chi connectivity index (χ4n) is 3.27. The monoisotopic (exact) mass is 495 g/mol. The van der Waals surface area contributed by atoms with Gasteiger partial charge in [0, 0.05) is 17.2 Å². The van der Waals surface area contributed by atoms with Gasteiger partial charge < -0.3 is 15.0 Å². The third kappa shape index (κ3) is 4.98. The Kier molecular flexibility index (Phi) is 6.71. The fraction of sp³-hybridized carbons (Fsp3) is 0.0870. The zero-order valence-corrected chi connectivity index (χ0v) is 19.4. The third-order valence-corrected chi connectivity index (χ3v) is 5.36. The maximum atomic E-state index is 12.6. The summed E-state index contributed by atoms with van der Waals surface area (Å²) in [6, 6.07) is 16.8. The topological polar surface area (TPSA) is 122 Å². The second kappa shape index (κ2) is 9.86. The van der Waals surface area contributed by atoms with Crippen molar-refractivity contribution in [1.29, 1.82) is 0 Å². The van der Waals surface area contributed by atoms with E-state index in [1.165, 1.54) is 12.1 Å². The number of carbonyl (C=O) groups excluding carboxylic acids is 1. The van der Waals surface area contributed by atoms with Gasteiger partial charge in [0.15, 0.2) is 10.9 Å². The summed E-state index contributed by atoms with van der Waals surface area (Å²) in [5.41, 5.74) is 2.70. The molecule has 0 saturated heterocycles. The number of imidazole rings is 1. The predicted octanol–water partition coefficient (Wildman–Crippen LogP) is 5.32. The van der Waals surface area contributed by atoms with Crippen molar-refractivity contribution in [1.82, 2.24) is 15.3 Å². The van der Waals surface area contributed by atoms with Crippen LogP contribution in [-0.4, -0.2) is 32.5 Å². The lowest BCUT2D eigenvalue weighted by molar-refractivity contribution is -0.385. The van der Waals surface area contributed by atoms with Crippen LogP contribution < -0.4 is 15.4 Å². The molecule has 34 heavy (non-hydrogen) atoms. The summed E-state index contributed by atoms with van der Waals surface area (Å²) in [6.45, 7) is 1.97. The molecule has 1 amide bonds. The first-order valence-corrected chi connectivity index (χ1v) is 10.9. The lowest BCUT2D eigenvalue weighted by Crippen LogP contribution is -2.34. The van der Waals surface area contributed by atoms with Crippen LogP contribution in [0.2, 0.25) is 5.02 Å². The van der Waals surface area contributed by atoms with E-state index in [2.05, 4.69) is 20.6 Å². The summed E-state index contributed by atoms with van der Waals surface area (Å²) < 4.78 is 5.24. The Hall–Kier alpha value is -4.02. The smallest absolute Gasteiger partial charge is 0.311 e. The van der Waals surface area contributed by atoms with Gasteiger partial charge in [0.1, 0.15) is 5.82 Å². The normalized spacial score (nSPS) is 10.6. The van der Waals surface area contributed by atoms with Gasteiger partial charge in [-0.2, -0.15) is 0 Å². The molecule has 0 aliphatic rings. The van der Waals surface area contributed by atoms with Crippen LogP contribution in [0.4, 0.5) is 11.4 Å². The summed E-state index contributed by atoms with van der Waals surface area (Å²) in [6.07, 6.45) is 0. The highest BCUT2D eigenvalue weighted by molar-refractivity contribution is 7.80. The van der Waals surface area contributed by atoms with Gasteiger partial charge in [-0.3, -0.25) is 20.2 Å². The molecule has 0 fully saturated rings. The van der Waals surface area contributed by atoms with Gasteiger partial charge in [0.25, 0.3) is 5.91 Å². The van der Waals surface area contributed by atoms with Crippen molar-refractivity contribution in [2.75, 3.05) is 11.9 Å². The van der Waals surface area contributed by atoms with Crippen molar-refractivity contribution < 1.29 is 14.5 Å². The van der Waals surface area contributed by atoms with Gasteiger partial charge in [0.2, 0.25) is 0 Å². The minimum atomic E-state index is -0.617. The van der Waals surface area contributed by atoms with E-state index < -0.39 is 10.8 Å². The number of nitro groups is 1. The summed E-state index contributed by atoms with van der Waals surface area (Å²) in [5.74, 6) is 0.115. The number of nitrogens with one attached hydrogen (secondary N) is 3. The number of aromatic nitrogens is 2. The first kappa shape index (κ1) is 23.1. The van der Waals surface area contributed by atoms with E-state index in [9.17, 15) is 14.9 Å². The quantitative estimate of drug-likeness (QED) is 0.188. The highest BCUT2D eigenvalue weighted by atomic mass is 35.5. The van der Waals surface area contributed by atoms with Crippen LogP contribution >= 0.6 is 23.8 Å². The van der Waals surface area contributed by atoms with Crippen molar-refractivity contribution in [2.45, 2.75) is 6.92 Å². The zero-order valence-electron chi connectivity index (χ0n) is 17.8. The lowest BCUT2D eigenvalue weighted by atomic mass is 10.1. The second-order valence-electron chi connectivity index (χ2n) is 7.08. The molecule has 0 spiro atoms. The van der Waals surface area contributed by atoms with Crippen LogP contribution in [0.3, 0.4) is 0 Å². The molecule has 0 atom stereocenters. The number of hydrogen-bond acceptors (Lipinski definition) is 6. The number of H-pyrrole nitrogens is 1. The number of rotatable bonds is 6. The Morgan fingerprint density at radius 1 is 1.21 bits per heavy atom. The van der Waals surface area contributed by atoms with E-state index in [0.717, 1.165) is 22.7 Å². The van der Waals surface area contributed by atoms with Gasteiger partial charge in [-0.25, -0.2) is 4.98 Å². The Morgan fingerprint density at radius 2 is 2.00 bits per heavy atom. The Balaban J connectivity index is 1.50. The second-order valence-corrected chi connectivity index (χ2v) is 7.89. The SMILES string of the molecule is CCOc1ccc(C(=O)NC(=S)Nc2cc(-c3nc4ccccc4[nH]3)ccc2Cl)cc1[N+](=O)[O-]. The van der Waals surface area contributed by atoms with Crippen LogP contribution in [0.25, 0.3) is 22.4 Å². The number of fused-ring (bicyclic) bond motifs is 1. The molecule has 3 aromatic carbocycles. The number of para-hydroxylation sites is 2. The molecule has 4 rings (SSSR count). The van der Waals surface area contributed by atoms with E-state index in [-0.39, 0.29) is 28.7 Å². The molecule has 9 nitrogen and oxygen atoms in total. The Labute approximate surface area is 204 Å². The van der Waals surface area contributed by atoms with Crippen LogP contribution in [0.5, 0.6) is 5.75 Å². The summed E-state index contributed by atoms with van der Waals surface area (Å²) in [4.78, 5) is 31.1. The maximum Gasteiger partial charge on any atom is 0.311 e. The number of anilines is 1. The van der Waals surface area contributed by atoms with Crippen molar-refractivity contribution >= 4 is 57.2 Å². The summed E-state index contributed by atoms with van der Waals surface area (Å²) >= 11 is 11.6. The molecule has 4 aromatic rings. The maximum absolute atomic E-state index is 12.6. The van der Waals surface area contributed by atoms with E-state index in [1.54, 1.807) is 19.1 Å². The Morgan fingerprint density at radius 3 is 2.74 bits per heavy atom. The van der Waals surface area contributed by atoms with E-state index in [0.29, 0.717) is 16.5 Å². The minimum Gasteiger partial charge on any atom is -0.487 e. The van der Waals surface area contributed by atoms with Crippen molar-refractivity contribution in [3.63, 3.8) is 0 Å². The number of amides is 1. The summed E-state index contributed by atoms with van der Waals surface area (Å²) in [5, 5.41) is 17.1. The molecule has 172 valence electrons. The zero-order chi connectivity index (χ0) is 24.2. The summed E-state index contributed by atoms with van der Waals surface area (Å²) in [7, 11) is 0. The number of nitro benzene ring substituents is 1. The van der Waals surface area contributed by atoms with Crippen LogP contribution in [-0.2, 0) is 0 Å². The predicted molar refractivity (Wildman–Crippen MR) is 134 cm³/mol. The Bertz CT molecular complexity index is 1390. The van der Waals surface area contributed by atoms with Gasteiger partial charge in [-0.05, 0) is 61.6 Å². The third-order valence-electron chi connectivity index (χ3n) is 4.82. The number of nitrogens with zero attached hydrogens (tertiary/aromatic N) is 2. The average Bonchev–Trinajstić information content (AvgIpc) is 3.25. The molecular weight excluding hydrogens is 478 g/mol. The molecular formula is C23H18ClN5O4S. The number of halogens is 1. The van der Waals surface area contributed by atoms with Gasteiger partial charge in [-0.1, -0.05) is 23.7 Å². The van der Waals surface area contributed by atoms with E-state index in [1.807, 2.05) is 30.3 Å². The molecule has 11 heteroatoms. The highest BCUT2D eigenvalue weighted by Gasteiger charge is 2.19. The first-order valence-electron chi connectivity index (χ1n) is 10.1. The molecule has 0 unspecified atom stereocenters. The fourth-order valence-corrected chi connectivity index (χ4v) is 3.63. The molecule has 3 N–H and O–H groups in total. The lowest BCUT2D eigenvalue weighted by Gasteiger charge is -2.12. The minimum absolute atomic E-state index is 0.0230. The number of benzene rings is 3.